The number of fused-ring (bicyclic) bond motifs is 1. The minimum absolute atomic E-state index is 0.123. The zero-order valence-corrected chi connectivity index (χ0v) is 10.9. The highest BCUT2D eigenvalue weighted by atomic mass is 16.5. The Kier molecular flexibility index (Phi) is 3.12. The summed E-state index contributed by atoms with van der Waals surface area (Å²) in [5.41, 5.74) is 1.57. The van der Waals surface area contributed by atoms with E-state index >= 15 is 0 Å². The molecule has 0 unspecified atom stereocenters. The van der Waals surface area contributed by atoms with Crippen molar-refractivity contribution >= 4 is 16.7 Å². The van der Waals surface area contributed by atoms with E-state index in [1.807, 2.05) is 49.4 Å². The molecule has 0 aliphatic heterocycles. The molecule has 0 fully saturated rings. The quantitative estimate of drug-likeness (QED) is 0.415. The van der Waals surface area contributed by atoms with Gasteiger partial charge in [-0.25, -0.2) is 5.28 Å². The fourth-order valence-corrected chi connectivity index (χ4v) is 2.29. The molecule has 20 heavy (non-hydrogen) atoms. The van der Waals surface area contributed by atoms with E-state index in [9.17, 15) is 5.21 Å². The molecule has 3 rings (SSSR count). The van der Waals surface area contributed by atoms with Gasteiger partial charge in [-0.3, -0.25) is 4.52 Å². The summed E-state index contributed by atoms with van der Waals surface area (Å²) >= 11 is 0. The Morgan fingerprint density at radius 1 is 1.20 bits per heavy atom. The smallest absolute Gasteiger partial charge is 0.347 e. The molecule has 0 bridgehead atoms. The predicted molar refractivity (Wildman–Crippen MR) is 73.2 cm³/mol. The normalized spacial score (nSPS) is 11.4. The molecule has 0 aliphatic rings. The van der Waals surface area contributed by atoms with Gasteiger partial charge in [0.1, 0.15) is 0 Å². The van der Waals surface area contributed by atoms with E-state index in [4.69, 9.17) is 4.52 Å². The van der Waals surface area contributed by atoms with Crippen LogP contribution < -0.4 is 4.68 Å². The molecule has 100 valence electrons. The number of aryl methyl sites for hydroxylation is 1. The van der Waals surface area contributed by atoms with E-state index in [0.717, 1.165) is 16.3 Å². The van der Waals surface area contributed by atoms with Crippen molar-refractivity contribution in [2.45, 2.75) is 13.5 Å². The molecule has 0 radical (unpaired) electrons. The van der Waals surface area contributed by atoms with Gasteiger partial charge in [0, 0.05) is 0 Å². The van der Waals surface area contributed by atoms with Crippen molar-refractivity contribution in [1.82, 2.24) is 5.27 Å². The van der Waals surface area contributed by atoms with Crippen molar-refractivity contribution in [3.8, 4) is 11.3 Å². The molecule has 0 N–H and O–H groups in total. The summed E-state index contributed by atoms with van der Waals surface area (Å²) in [6.07, 6.45) is 0. The number of rotatable bonds is 3. The third kappa shape index (κ3) is 1.91. The fourth-order valence-electron chi connectivity index (χ4n) is 2.29. The van der Waals surface area contributed by atoms with Crippen LogP contribution in [0.25, 0.3) is 22.0 Å². The Labute approximate surface area is 114 Å². The van der Waals surface area contributed by atoms with Crippen LogP contribution in [0.5, 0.6) is 0 Å². The molecule has 0 aliphatic carbocycles. The summed E-state index contributed by atoms with van der Waals surface area (Å²) < 4.78 is 6.74. The minimum Gasteiger partial charge on any atom is -0.775 e. The van der Waals surface area contributed by atoms with Gasteiger partial charge in [-0.05, 0) is 28.4 Å². The summed E-state index contributed by atoms with van der Waals surface area (Å²) in [5.74, 6) is 0.123. The minimum atomic E-state index is 0.123. The monoisotopic (exact) mass is 268 g/mol. The highest BCUT2D eigenvalue weighted by Gasteiger charge is 2.26. The molecule has 2 aromatic carbocycles. The number of benzene rings is 2. The van der Waals surface area contributed by atoms with Crippen molar-refractivity contribution < 1.29 is 9.20 Å². The van der Waals surface area contributed by atoms with Gasteiger partial charge < -0.3 is 5.21 Å². The SMILES string of the molecule is CC[n+]1noc(/N=N/[O-])c1-c1cccc2ccccc12. The first-order valence-corrected chi connectivity index (χ1v) is 6.26. The number of hydrogen-bond donors (Lipinski definition) is 0. The van der Waals surface area contributed by atoms with Crippen LogP contribution in [0, 0.1) is 5.21 Å². The van der Waals surface area contributed by atoms with Crippen molar-refractivity contribution in [3.05, 3.63) is 47.7 Å². The third-order valence-electron chi connectivity index (χ3n) is 3.16. The maximum absolute atomic E-state index is 10.4. The molecule has 0 amide bonds. The lowest BCUT2D eigenvalue weighted by molar-refractivity contribution is -0.749. The molecule has 1 heterocycles. The number of hydrogen-bond acceptors (Lipinski definition) is 5. The average molecular weight is 268 g/mol. The Morgan fingerprint density at radius 3 is 2.80 bits per heavy atom. The van der Waals surface area contributed by atoms with Gasteiger partial charge in [0.25, 0.3) is 0 Å². The largest absolute Gasteiger partial charge is 0.775 e. The predicted octanol–water partition coefficient (Wildman–Crippen LogP) is 3.38. The van der Waals surface area contributed by atoms with E-state index < -0.39 is 0 Å². The molecule has 0 atom stereocenters. The summed E-state index contributed by atoms with van der Waals surface area (Å²) in [6, 6.07) is 13.9. The maximum atomic E-state index is 10.4. The van der Waals surface area contributed by atoms with Crippen molar-refractivity contribution in [1.29, 1.82) is 0 Å². The second-order valence-electron chi connectivity index (χ2n) is 4.25. The van der Waals surface area contributed by atoms with Crippen LogP contribution in [0.1, 0.15) is 6.92 Å². The summed E-state index contributed by atoms with van der Waals surface area (Å²) in [4.78, 5) is 0. The Bertz CT molecular complexity index is 774. The molecular weight excluding hydrogens is 256 g/mol. The molecule has 0 saturated carbocycles. The summed E-state index contributed by atoms with van der Waals surface area (Å²) in [5, 5.41) is 22.5. The summed E-state index contributed by atoms with van der Waals surface area (Å²) in [6.45, 7) is 2.55. The second-order valence-corrected chi connectivity index (χ2v) is 4.25. The molecule has 1 aromatic heterocycles. The van der Waals surface area contributed by atoms with Crippen LogP contribution in [0.4, 0.5) is 5.88 Å². The van der Waals surface area contributed by atoms with Gasteiger partial charge in [-0.15, -0.1) is 5.11 Å². The fraction of sp³-hybridized carbons (Fsp3) is 0.143. The van der Waals surface area contributed by atoms with Crippen LogP contribution >= 0.6 is 0 Å². The summed E-state index contributed by atoms with van der Waals surface area (Å²) in [7, 11) is 0. The van der Waals surface area contributed by atoms with Gasteiger partial charge in [-0.2, -0.15) is 0 Å². The van der Waals surface area contributed by atoms with E-state index in [1.54, 1.807) is 4.68 Å². The number of aromatic nitrogens is 2. The third-order valence-corrected chi connectivity index (χ3v) is 3.16. The van der Waals surface area contributed by atoms with Crippen LogP contribution in [-0.4, -0.2) is 5.27 Å². The lowest BCUT2D eigenvalue weighted by atomic mass is 10.0. The molecule has 6 heteroatoms. The van der Waals surface area contributed by atoms with Crippen LogP contribution in [-0.2, 0) is 6.54 Å². The van der Waals surface area contributed by atoms with Gasteiger partial charge in [0.15, 0.2) is 6.54 Å². The van der Waals surface area contributed by atoms with Gasteiger partial charge in [0.2, 0.25) is 5.27 Å². The molecule has 6 nitrogen and oxygen atoms in total. The van der Waals surface area contributed by atoms with E-state index in [1.165, 1.54) is 0 Å². The van der Waals surface area contributed by atoms with Crippen LogP contribution in [0.2, 0.25) is 0 Å². The van der Waals surface area contributed by atoms with Gasteiger partial charge in [0.05, 0.1) is 5.56 Å². The first kappa shape index (κ1) is 12.3. The Hall–Kier alpha value is -2.76. The number of nitrogens with zero attached hydrogens (tertiary/aromatic N) is 4. The lowest BCUT2D eigenvalue weighted by Crippen LogP contribution is -2.36. The van der Waals surface area contributed by atoms with E-state index in [2.05, 4.69) is 15.7 Å². The van der Waals surface area contributed by atoms with Crippen molar-refractivity contribution in [2.24, 2.45) is 10.4 Å². The highest BCUT2D eigenvalue weighted by molar-refractivity contribution is 5.96. The van der Waals surface area contributed by atoms with E-state index in [-0.39, 0.29) is 5.88 Å². The Morgan fingerprint density at radius 2 is 2.00 bits per heavy atom. The first-order valence-electron chi connectivity index (χ1n) is 6.26. The zero-order valence-electron chi connectivity index (χ0n) is 10.9. The molecule has 0 spiro atoms. The second kappa shape index (κ2) is 5.08. The van der Waals surface area contributed by atoms with E-state index in [0.29, 0.717) is 12.2 Å². The topological polar surface area (TPSA) is 77.7 Å². The average Bonchev–Trinajstić information content (AvgIpc) is 2.90. The lowest BCUT2D eigenvalue weighted by Gasteiger charge is -2.01. The van der Waals surface area contributed by atoms with Crippen molar-refractivity contribution in [3.63, 3.8) is 0 Å². The molecule has 0 saturated heterocycles. The van der Waals surface area contributed by atoms with Gasteiger partial charge in [-0.1, -0.05) is 36.4 Å². The standard InChI is InChI=1S/C14H12N4O2/c1-2-18-13(14(15-16-19)20-17-18)12-9-5-7-10-6-3-4-8-11(10)12/h3-9H,2H2,1H3. The maximum Gasteiger partial charge on any atom is 0.347 e. The highest BCUT2D eigenvalue weighted by Crippen LogP contribution is 2.32. The first-order chi connectivity index (χ1) is 9.85. The van der Waals surface area contributed by atoms with Crippen molar-refractivity contribution in [2.75, 3.05) is 0 Å². The Balaban J connectivity index is 2.33. The molecule has 3 aromatic rings. The van der Waals surface area contributed by atoms with Gasteiger partial charge >= 0.3 is 11.6 Å². The van der Waals surface area contributed by atoms with Crippen LogP contribution in [0.3, 0.4) is 0 Å². The zero-order chi connectivity index (χ0) is 13.9. The van der Waals surface area contributed by atoms with Crippen LogP contribution in [0.15, 0.2) is 57.4 Å². The molecular formula is C14H12N4O2.